The van der Waals surface area contributed by atoms with Crippen LogP contribution in [0.25, 0.3) is 0 Å². The van der Waals surface area contributed by atoms with Gasteiger partial charge >= 0.3 is 0 Å². The highest BCUT2D eigenvalue weighted by Crippen LogP contribution is 2.27. The van der Waals surface area contributed by atoms with E-state index in [1.165, 1.54) is 4.90 Å². The first-order valence-corrected chi connectivity index (χ1v) is 14.4. The average molecular weight is 550 g/mol. The Morgan fingerprint density at radius 3 is 1.92 bits per heavy atom. The molecule has 7 nitrogen and oxygen atoms in total. The number of sulfonamides is 1. The minimum atomic E-state index is -4.09. The molecule has 2 amide bonds. The van der Waals surface area contributed by atoms with Gasteiger partial charge in [0.05, 0.1) is 10.6 Å². The first kappa shape index (κ1) is 29.9. The number of para-hydroxylation sites is 1. The van der Waals surface area contributed by atoms with Crippen molar-refractivity contribution in [2.24, 2.45) is 0 Å². The van der Waals surface area contributed by atoms with Gasteiger partial charge < -0.3 is 10.2 Å². The maximum Gasteiger partial charge on any atom is 0.264 e. The summed E-state index contributed by atoms with van der Waals surface area (Å²) in [6.45, 7) is 12.6. The third-order valence-corrected chi connectivity index (χ3v) is 8.18. The summed E-state index contributed by atoms with van der Waals surface area (Å²) in [5, 5.41) is 2.94. The summed E-state index contributed by atoms with van der Waals surface area (Å²) in [6.07, 6.45) is 0. The lowest BCUT2D eigenvalue weighted by molar-refractivity contribution is -0.140. The standard InChI is InChI=1S/C31H39N3O4S/c1-22-12-16-26(17-13-22)20-33(25(4)30(36)32-31(5,6)7)29(35)21-34(28-11-9-8-10-24(28)3)39(37,38)27-18-14-23(2)15-19-27/h8-19,25H,20-21H2,1-7H3,(H,32,36)/t25-/m1/s1. The number of nitrogens with one attached hydrogen (secondary N) is 1. The molecule has 8 heteroatoms. The number of carbonyl (C=O) groups excluding carboxylic acids is 2. The zero-order chi connectivity index (χ0) is 29.0. The zero-order valence-corrected chi connectivity index (χ0v) is 24.7. The fourth-order valence-corrected chi connectivity index (χ4v) is 5.62. The maximum absolute atomic E-state index is 14.0. The molecule has 0 unspecified atom stereocenters. The Kier molecular flexibility index (Phi) is 9.22. The predicted molar refractivity (Wildman–Crippen MR) is 156 cm³/mol. The molecule has 0 aromatic heterocycles. The van der Waals surface area contributed by atoms with Crippen molar-refractivity contribution in [2.45, 2.75) is 71.5 Å². The molecular formula is C31H39N3O4S. The van der Waals surface area contributed by atoms with Crippen LogP contribution in [0.15, 0.2) is 77.7 Å². The van der Waals surface area contributed by atoms with Crippen molar-refractivity contribution in [3.63, 3.8) is 0 Å². The summed E-state index contributed by atoms with van der Waals surface area (Å²) < 4.78 is 29.0. The third kappa shape index (κ3) is 7.69. The summed E-state index contributed by atoms with van der Waals surface area (Å²) in [7, 11) is -4.09. The van der Waals surface area contributed by atoms with E-state index < -0.39 is 34.1 Å². The Morgan fingerprint density at radius 1 is 0.846 bits per heavy atom. The lowest BCUT2D eigenvalue weighted by atomic mass is 10.1. The Bertz CT molecular complexity index is 1410. The van der Waals surface area contributed by atoms with Crippen molar-refractivity contribution in [1.29, 1.82) is 0 Å². The number of nitrogens with zero attached hydrogens (tertiary/aromatic N) is 2. The van der Waals surface area contributed by atoms with Gasteiger partial charge in [-0.25, -0.2) is 8.42 Å². The highest BCUT2D eigenvalue weighted by atomic mass is 32.2. The minimum absolute atomic E-state index is 0.0905. The van der Waals surface area contributed by atoms with E-state index in [-0.39, 0.29) is 17.3 Å². The molecule has 1 N–H and O–H groups in total. The second-order valence-corrected chi connectivity index (χ2v) is 12.9. The van der Waals surface area contributed by atoms with E-state index in [9.17, 15) is 18.0 Å². The Morgan fingerprint density at radius 2 is 1.38 bits per heavy atom. The van der Waals surface area contributed by atoms with Crippen LogP contribution in [0.2, 0.25) is 0 Å². The number of aryl methyl sites for hydroxylation is 3. The molecule has 0 fully saturated rings. The predicted octanol–water partition coefficient (Wildman–Crippen LogP) is 5.14. The van der Waals surface area contributed by atoms with Gasteiger partial charge in [0.15, 0.2) is 0 Å². The quantitative estimate of drug-likeness (QED) is 0.401. The van der Waals surface area contributed by atoms with Crippen molar-refractivity contribution >= 4 is 27.5 Å². The van der Waals surface area contributed by atoms with Gasteiger partial charge in [-0.05, 0) is 77.8 Å². The lowest BCUT2D eigenvalue weighted by Gasteiger charge is -2.33. The van der Waals surface area contributed by atoms with E-state index in [1.807, 2.05) is 65.0 Å². The molecule has 3 aromatic carbocycles. The molecule has 3 rings (SSSR count). The molecule has 0 saturated heterocycles. The highest BCUT2D eigenvalue weighted by molar-refractivity contribution is 7.92. The van der Waals surface area contributed by atoms with E-state index in [2.05, 4.69) is 5.32 Å². The molecule has 0 aliphatic heterocycles. The van der Waals surface area contributed by atoms with Crippen molar-refractivity contribution in [3.8, 4) is 0 Å². The average Bonchev–Trinajstić information content (AvgIpc) is 2.86. The smallest absolute Gasteiger partial charge is 0.264 e. The Hall–Kier alpha value is -3.65. The van der Waals surface area contributed by atoms with E-state index in [0.29, 0.717) is 11.3 Å². The number of benzene rings is 3. The molecule has 39 heavy (non-hydrogen) atoms. The van der Waals surface area contributed by atoms with E-state index in [1.54, 1.807) is 56.3 Å². The van der Waals surface area contributed by atoms with E-state index in [4.69, 9.17) is 0 Å². The van der Waals surface area contributed by atoms with Gasteiger partial charge in [0.1, 0.15) is 12.6 Å². The molecule has 3 aromatic rings. The topological polar surface area (TPSA) is 86.8 Å². The van der Waals surface area contributed by atoms with Gasteiger partial charge in [-0.15, -0.1) is 0 Å². The van der Waals surface area contributed by atoms with Crippen molar-refractivity contribution in [3.05, 3.63) is 95.1 Å². The summed E-state index contributed by atoms with van der Waals surface area (Å²) in [5.41, 5.74) is 3.47. The largest absolute Gasteiger partial charge is 0.350 e. The van der Waals surface area contributed by atoms with Crippen LogP contribution >= 0.6 is 0 Å². The van der Waals surface area contributed by atoms with Crippen molar-refractivity contribution < 1.29 is 18.0 Å². The minimum Gasteiger partial charge on any atom is -0.350 e. The van der Waals surface area contributed by atoms with Crippen LogP contribution in [0.3, 0.4) is 0 Å². The number of hydrogen-bond acceptors (Lipinski definition) is 4. The normalized spacial score (nSPS) is 12.5. The summed E-state index contributed by atoms with van der Waals surface area (Å²) >= 11 is 0. The first-order valence-electron chi connectivity index (χ1n) is 13.0. The van der Waals surface area contributed by atoms with E-state index in [0.717, 1.165) is 21.0 Å². The van der Waals surface area contributed by atoms with Crippen molar-refractivity contribution in [1.82, 2.24) is 10.2 Å². The van der Waals surface area contributed by atoms with Crippen LogP contribution < -0.4 is 9.62 Å². The summed E-state index contributed by atoms with van der Waals surface area (Å²) in [6, 6.07) is 20.5. The number of rotatable bonds is 9. The lowest BCUT2D eigenvalue weighted by Crippen LogP contribution is -2.54. The number of anilines is 1. The second kappa shape index (κ2) is 12.0. The van der Waals surface area contributed by atoms with E-state index >= 15 is 0 Å². The third-order valence-electron chi connectivity index (χ3n) is 6.41. The molecule has 0 aliphatic rings. The van der Waals surface area contributed by atoms with Gasteiger partial charge in [-0.1, -0.05) is 65.7 Å². The molecule has 1 atom stereocenters. The fourth-order valence-electron chi connectivity index (χ4n) is 4.14. The number of carbonyl (C=O) groups is 2. The van der Waals surface area contributed by atoms with Gasteiger partial charge in [-0.2, -0.15) is 0 Å². The summed E-state index contributed by atoms with van der Waals surface area (Å²) in [5.74, 6) is -0.794. The van der Waals surface area contributed by atoms with Crippen LogP contribution in [0.1, 0.15) is 49.9 Å². The molecule has 0 radical (unpaired) electrons. The van der Waals surface area contributed by atoms with Crippen LogP contribution in [0, 0.1) is 20.8 Å². The van der Waals surface area contributed by atoms with Gasteiger partial charge in [0.2, 0.25) is 11.8 Å². The highest BCUT2D eigenvalue weighted by Gasteiger charge is 2.33. The zero-order valence-electron chi connectivity index (χ0n) is 23.9. The SMILES string of the molecule is Cc1ccc(CN(C(=O)CN(c2ccccc2C)S(=O)(=O)c2ccc(C)cc2)[C@H](C)C(=O)NC(C)(C)C)cc1. The molecule has 0 aliphatic carbocycles. The second-order valence-electron chi connectivity index (χ2n) is 11.0. The Balaban J connectivity index is 2.04. The number of amides is 2. The molecule has 0 heterocycles. The first-order chi connectivity index (χ1) is 18.2. The molecule has 0 saturated carbocycles. The molecule has 208 valence electrons. The van der Waals surface area contributed by atoms with Gasteiger partial charge in [0.25, 0.3) is 10.0 Å². The van der Waals surface area contributed by atoms with Crippen LogP contribution in [-0.2, 0) is 26.2 Å². The monoisotopic (exact) mass is 549 g/mol. The van der Waals surface area contributed by atoms with Gasteiger partial charge in [0, 0.05) is 12.1 Å². The molecular weight excluding hydrogens is 510 g/mol. The van der Waals surface area contributed by atoms with Crippen LogP contribution in [0.5, 0.6) is 0 Å². The Labute approximate surface area is 232 Å². The van der Waals surface area contributed by atoms with Crippen LogP contribution in [-0.4, -0.2) is 43.3 Å². The maximum atomic E-state index is 14.0. The fraction of sp³-hybridized carbons (Fsp3) is 0.355. The molecule has 0 bridgehead atoms. The number of hydrogen-bond donors (Lipinski definition) is 1. The summed E-state index contributed by atoms with van der Waals surface area (Å²) in [4.78, 5) is 28.7. The van der Waals surface area contributed by atoms with Crippen molar-refractivity contribution in [2.75, 3.05) is 10.8 Å². The van der Waals surface area contributed by atoms with Gasteiger partial charge in [-0.3, -0.25) is 13.9 Å². The van der Waals surface area contributed by atoms with Crippen LogP contribution in [0.4, 0.5) is 5.69 Å². The molecule has 0 spiro atoms.